The van der Waals surface area contributed by atoms with Crippen molar-refractivity contribution >= 4 is 5.97 Å². The van der Waals surface area contributed by atoms with E-state index in [1.807, 2.05) is 13.8 Å². The van der Waals surface area contributed by atoms with E-state index < -0.39 is 80.6 Å². The second kappa shape index (κ2) is 9.92. The average Bonchev–Trinajstić information content (AvgIpc) is 2.92. The summed E-state index contributed by atoms with van der Waals surface area (Å²) in [5.41, 5.74) is 0. The maximum Gasteiger partial charge on any atom is 0.306 e. The van der Waals surface area contributed by atoms with Gasteiger partial charge in [0.25, 0.3) is 0 Å². The molecule has 2 fully saturated rings. The third kappa shape index (κ3) is 5.22. The summed E-state index contributed by atoms with van der Waals surface area (Å²) < 4.78 is 21.0. The van der Waals surface area contributed by atoms with Crippen molar-refractivity contribution in [1.82, 2.24) is 0 Å². The van der Waals surface area contributed by atoms with E-state index >= 15 is 0 Å². The van der Waals surface area contributed by atoms with E-state index in [0.717, 1.165) is 0 Å². The van der Waals surface area contributed by atoms with Crippen molar-refractivity contribution in [3.05, 3.63) is 0 Å². The van der Waals surface area contributed by atoms with Crippen molar-refractivity contribution in [3.63, 3.8) is 0 Å². The number of aliphatic hydroxyl groups is 7. The highest BCUT2D eigenvalue weighted by Gasteiger charge is 2.58. The van der Waals surface area contributed by atoms with Gasteiger partial charge >= 0.3 is 5.97 Å². The minimum Gasteiger partial charge on any atom is -0.463 e. The summed E-state index contributed by atoms with van der Waals surface area (Å²) in [4.78, 5) is 11.7. The van der Waals surface area contributed by atoms with Gasteiger partial charge in [0.2, 0.25) is 5.79 Å². The van der Waals surface area contributed by atoms with E-state index in [0.29, 0.717) is 0 Å². The lowest BCUT2D eigenvalue weighted by atomic mass is 9.99. The third-order valence-electron chi connectivity index (χ3n) is 4.87. The molecule has 2 aliphatic rings. The number of esters is 1. The molecule has 0 aromatic rings. The summed E-state index contributed by atoms with van der Waals surface area (Å²) in [5.74, 6) is -2.78. The van der Waals surface area contributed by atoms with Crippen molar-refractivity contribution in [2.45, 2.75) is 75.1 Å². The Labute approximate surface area is 167 Å². The molecular formula is C17H30O12. The maximum atomic E-state index is 11.7. The standard InChI is InChI=1S/C17H30O12/c1-7(2)3-10(20)26-5-9-11(21)13(23)14(24)16(27-9)29-17(6-19)15(25)12(22)8(4-18)28-17/h7-9,11-16,18-19,21-25H,3-6H2,1-2H3/t8-,9+,11+,12+,13-,14+,15-,16+,17-/m0/s1. The van der Waals surface area contributed by atoms with Crippen LogP contribution in [0.2, 0.25) is 0 Å². The number of hydrogen-bond donors (Lipinski definition) is 7. The molecule has 0 aromatic heterocycles. The number of rotatable bonds is 8. The molecule has 0 unspecified atom stereocenters. The zero-order valence-electron chi connectivity index (χ0n) is 16.2. The molecule has 0 aromatic carbocycles. The van der Waals surface area contributed by atoms with Crippen molar-refractivity contribution in [1.29, 1.82) is 0 Å². The first kappa shape index (κ1) is 24.3. The molecule has 7 N–H and O–H groups in total. The van der Waals surface area contributed by atoms with Crippen LogP contribution < -0.4 is 0 Å². The molecular weight excluding hydrogens is 396 g/mol. The fourth-order valence-electron chi connectivity index (χ4n) is 3.19. The minimum atomic E-state index is -2.26. The summed E-state index contributed by atoms with van der Waals surface area (Å²) in [6.45, 7) is 1.50. The zero-order chi connectivity index (χ0) is 21.9. The van der Waals surface area contributed by atoms with Gasteiger partial charge in [0.1, 0.15) is 55.9 Å². The van der Waals surface area contributed by atoms with Crippen LogP contribution in [0.1, 0.15) is 20.3 Å². The normalized spacial score (nSPS) is 43.0. The number of ether oxygens (including phenoxy) is 4. The summed E-state index contributed by atoms with van der Waals surface area (Å²) in [6, 6.07) is 0. The molecule has 2 heterocycles. The lowest BCUT2D eigenvalue weighted by molar-refractivity contribution is -0.383. The molecule has 0 radical (unpaired) electrons. The predicted octanol–water partition coefficient (Wildman–Crippen LogP) is -3.80. The molecule has 12 nitrogen and oxygen atoms in total. The Morgan fingerprint density at radius 2 is 1.66 bits per heavy atom. The van der Waals surface area contributed by atoms with Gasteiger partial charge in [-0.15, -0.1) is 0 Å². The van der Waals surface area contributed by atoms with Crippen LogP contribution in [0.15, 0.2) is 0 Å². The minimum absolute atomic E-state index is 0.0412. The molecule has 0 spiro atoms. The predicted molar refractivity (Wildman–Crippen MR) is 92.0 cm³/mol. The number of hydrogen-bond acceptors (Lipinski definition) is 12. The first-order valence-corrected chi connectivity index (χ1v) is 9.35. The van der Waals surface area contributed by atoms with Gasteiger partial charge in [-0.25, -0.2) is 0 Å². The lowest BCUT2D eigenvalue weighted by Crippen LogP contribution is -2.62. The molecule has 0 aliphatic carbocycles. The van der Waals surface area contributed by atoms with Gasteiger partial charge in [0.05, 0.1) is 6.61 Å². The SMILES string of the molecule is CC(C)CC(=O)OC[C@H]1O[C@H](O[C@]2(CO)O[C@@H](CO)[C@@H](O)[C@@H]2O)[C@H](O)[C@@H](O)[C@@H]1O. The van der Waals surface area contributed by atoms with Crippen LogP contribution in [0.25, 0.3) is 0 Å². The summed E-state index contributed by atoms with van der Waals surface area (Å²) in [7, 11) is 0. The van der Waals surface area contributed by atoms with Crippen LogP contribution in [-0.2, 0) is 23.7 Å². The molecule has 0 amide bonds. The van der Waals surface area contributed by atoms with Gasteiger partial charge in [0, 0.05) is 6.42 Å². The molecule has 2 aliphatic heterocycles. The molecule has 0 saturated carbocycles. The van der Waals surface area contributed by atoms with Crippen molar-refractivity contribution < 1.29 is 59.5 Å². The Morgan fingerprint density at radius 1 is 1.00 bits per heavy atom. The molecule has 12 heteroatoms. The third-order valence-corrected chi connectivity index (χ3v) is 4.87. The first-order chi connectivity index (χ1) is 13.6. The van der Waals surface area contributed by atoms with Crippen molar-refractivity contribution in [2.24, 2.45) is 5.92 Å². The van der Waals surface area contributed by atoms with Gasteiger partial charge in [-0.1, -0.05) is 13.8 Å². The Balaban J connectivity index is 2.09. The Morgan fingerprint density at radius 3 is 2.17 bits per heavy atom. The molecule has 2 saturated heterocycles. The van der Waals surface area contributed by atoms with Gasteiger partial charge < -0.3 is 54.7 Å². The molecule has 29 heavy (non-hydrogen) atoms. The van der Waals surface area contributed by atoms with Gasteiger partial charge in [-0.05, 0) is 5.92 Å². The zero-order valence-corrected chi connectivity index (χ0v) is 16.2. The van der Waals surface area contributed by atoms with Gasteiger partial charge in [-0.2, -0.15) is 0 Å². The van der Waals surface area contributed by atoms with Gasteiger partial charge in [-0.3, -0.25) is 4.79 Å². The van der Waals surface area contributed by atoms with Crippen LogP contribution in [0.5, 0.6) is 0 Å². The highest BCUT2D eigenvalue weighted by atomic mass is 16.8. The lowest BCUT2D eigenvalue weighted by Gasteiger charge is -2.43. The van der Waals surface area contributed by atoms with E-state index in [1.165, 1.54) is 0 Å². The first-order valence-electron chi connectivity index (χ1n) is 9.35. The summed E-state index contributed by atoms with van der Waals surface area (Å²) in [6.07, 6.45) is -12.8. The Bertz CT molecular complexity index is 545. The van der Waals surface area contributed by atoms with Crippen LogP contribution in [-0.4, -0.2) is 116 Å². The summed E-state index contributed by atoms with van der Waals surface area (Å²) in [5, 5.41) is 69.3. The van der Waals surface area contributed by atoms with Crippen LogP contribution in [0, 0.1) is 5.92 Å². The number of carbonyl (C=O) groups excluding carboxylic acids is 1. The van der Waals surface area contributed by atoms with Crippen molar-refractivity contribution in [2.75, 3.05) is 19.8 Å². The van der Waals surface area contributed by atoms with E-state index in [2.05, 4.69) is 0 Å². The molecule has 2 rings (SSSR count). The largest absolute Gasteiger partial charge is 0.463 e. The topological polar surface area (TPSA) is 196 Å². The van der Waals surface area contributed by atoms with Crippen LogP contribution in [0.4, 0.5) is 0 Å². The molecule has 9 atom stereocenters. The Kier molecular flexibility index (Phi) is 8.32. The number of carbonyl (C=O) groups is 1. The van der Waals surface area contributed by atoms with Crippen molar-refractivity contribution in [3.8, 4) is 0 Å². The fraction of sp³-hybridized carbons (Fsp3) is 0.941. The second-order valence-electron chi connectivity index (χ2n) is 7.66. The molecule has 0 bridgehead atoms. The van der Waals surface area contributed by atoms with E-state index in [9.17, 15) is 40.5 Å². The monoisotopic (exact) mass is 426 g/mol. The second-order valence-corrected chi connectivity index (χ2v) is 7.66. The van der Waals surface area contributed by atoms with Gasteiger partial charge in [0.15, 0.2) is 6.29 Å². The van der Waals surface area contributed by atoms with E-state index in [-0.39, 0.29) is 12.3 Å². The maximum absolute atomic E-state index is 11.7. The van der Waals surface area contributed by atoms with E-state index in [4.69, 9.17) is 18.9 Å². The van der Waals surface area contributed by atoms with Crippen LogP contribution in [0.3, 0.4) is 0 Å². The molecule has 170 valence electrons. The average molecular weight is 426 g/mol. The highest BCUT2D eigenvalue weighted by molar-refractivity contribution is 5.69. The van der Waals surface area contributed by atoms with Crippen LogP contribution >= 0.6 is 0 Å². The quantitative estimate of drug-likeness (QED) is 0.187. The fourth-order valence-corrected chi connectivity index (χ4v) is 3.19. The highest BCUT2D eigenvalue weighted by Crippen LogP contribution is 2.36. The Hall–Kier alpha value is -0.930. The summed E-state index contributed by atoms with van der Waals surface area (Å²) >= 11 is 0. The smallest absolute Gasteiger partial charge is 0.306 e. The number of aliphatic hydroxyl groups excluding tert-OH is 7. The van der Waals surface area contributed by atoms with E-state index in [1.54, 1.807) is 0 Å².